The van der Waals surface area contributed by atoms with E-state index in [-0.39, 0.29) is 17.4 Å². The summed E-state index contributed by atoms with van der Waals surface area (Å²) in [5.41, 5.74) is 0.905. The third-order valence-corrected chi connectivity index (χ3v) is 4.37. The number of piperidine rings is 1. The molecule has 1 atom stereocenters. The quantitative estimate of drug-likeness (QED) is 0.683. The van der Waals surface area contributed by atoms with Crippen molar-refractivity contribution in [3.05, 3.63) is 33.9 Å². The Hall–Kier alpha value is -1.66. The van der Waals surface area contributed by atoms with E-state index in [9.17, 15) is 10.1 Å². The van der Waals surface area contributed by atoms with Crippen LogP contribution in [0.25, 0.3) is 0 Å². The van der Waals surface area contributed by atoms with Gasteiger partial charge in [-0.25, -0.2) is 0 Å². The molecule has 0 radical (unpaired) electrons. The highest BCUT2D eigenvalue weighted by Gasteiger charge is 2.42. The summed E-state index contributed by atoms with van der Waals surface area (Å²) >= 11 is 0. The summed E-state index contributed by atoms with van der Waals surface area (Å²) < 4.78 is 12.0. The molecule has 0 bridgehead atoms. The summed E-state index contributed by atoms with van der Waals surface area (Å²) in [6.07, 6.45) is 2.84. The van der Waals surface area contributed by atoms with Crippen LogP contribution in [0, 0.1) is 17.0 Å². The van der Waals surface area contributed by atoms with Gasteiger partial charge in [0.05, 0.1) is 23.2 Å². The predicted octanol–water partition coefficient (Wildman–Crippen LogP) is 2.19. The Bertz CT molecular complexity index is 540. The van der Waals surface area contributed by atoms with Gasteiger partial charge in [0.25, 0.3) is 5.69 Å². The molecule has 6 nitrogen and oxygen atoms in total. The fraction of sp³-hybridized carbons (Fsp3) is 0.600. The van der Waals surface area contributed by atoms with Crippen LogP contribution in [0.1, 0.15) is 24.8 Å². The number of rotatable bonds is 3. The molecule has 6 heteroatoms. The lowest BCUT2D eigenvalue weighted by Gasteiger charge is -2.32. The van der Waals surface area contributed by atoms with Crippen molar-refractivity contribution in [3.63, 3.8) is 0 Å². The molecule has 21 heavy (non-hydrogen) atoms. The molecular weight excluding hydrogens is 272 g/mol. The van der Waals surface area contributed by atoms with Crippen LogP contribution in [0.4, 0.5) is 5.69 Å². The van der Waals surface area contributed by atoms with Gasteiger partial charge in [-0.3, -0.25) is 10.1 Å². The van der Waals surface area contributed by atoms with Crippen molar-refractivity contribution >= 4 is 5.69 Å². The van der Waals surface area contributed by atoms with Crippen molar-refractivity contribution in [1.82, 2.24) is 5.32 Å². The highest BCUT2D eigenvalue weighted by atomic mass is 16.6. The van der Waals surface area contributed by atoms with E-state index in [0.717, 1.165) is 37.9 Å². The molecule has 0 aromatic heterocycles. The highest BCUT2D eigenvalue weighted by Crippen LogP contribution is 2.36. The van der Waals surface area contributed by atoms with Crippen molar-refractivity contribution in [3.8, 4) is 5.75 Å². The first kappa shape index (κ1) is 14.3. The number of nitro groups is 1. The molecule has 0 aliphatic carbocycles. The van der Waals surface area contributed by atoms with E-state index in [2.05, 4.69) is 5.32 Å². The molecule has 1 aromatic rings. The van der Waals surface area contributed by atoms with Crippen LogP contribution >= 0.6 is 0 Å². The summed E-state index contributed by atoms with van der Waals surface area (Å²) in [5.74, 6) is 0.587. The number of nitro benzene ring substituents is 1. The van der Waals surface area contributed by atoms with Crippen LogP contribution in [0.5, 0.6) is 5.75 Å². The summed E-state index contributed by atoms with van der Waals surface area (Å²) in [6, 6.07) is 4.73. The Labute approximate surface area is 123 Å². The largest absolute Gasteiger partial charge is 0.487 e. The maximum absolute atomic E-state index is 10.9. The molecular formula is C15H20N2O4. The first-order chi connectivity index (χ1) is 10.1. The van der Waals surface area contributed by atoms with Gasteiger partial charge in [0.15, 0.2) is 0 Å². The second-order valence-corrected chi connectivity index (χ2v) is 5.89. The van der Waals surface area contributed by atoms with Crippen LogP contribution in [0.3, 0.4) is 0 Å². The molecule has 1 N–H and O–H groups in total. The smallest absolute Gasteiger partial charge is 0.273 e. The molecule has 1 spiro atoms. The second kappa shape index (κ2) is 5.61. The minimum atomic E-state index is -0.397. The molecule has 2 heterocycles. The SMILES string of the molecule is Cc1ccc([N+](=O)[O-])cc1OC1COC2(CCNCC2)C1. The van der Waals surface area contributed by atoms with Crippen LogP contribution < -0.4 is 10.1 Å². The molecule has 1 aromatic carbocycles. The molecule has 0 saturated carbocycles. The average molecular weight is 292 g/mol. The minimum Gasteiger partial charge on any atom is -0.487 e. The van der Waals surface area contributed by atoms with E-state index >= 15 is 0 Å². The van der Waals surface area contributed by atoms with Crippen LogP contribution in [-0.2, 0) is 4.74 Å². The summed E-state index contributed by atoms with van der Waals surface area (Å²) in [6.45, 7) is 4.41. The zero-order chi connectivity index (χ0) is 14.9. The second-order valence-electron chi connectivity index (χ2n) is 5.89. The molecule has 2 fully saturated rings. The lowest BCUT2D eigenvalue weighted by atomic mass is 9.89. The van der Waals surface area contributed by atoms with E-state index in [1.54, 1.807) is 6.07 Å². The van der Waals surface area contributed by atoms with Crippen molar-refractivity contribution in [1.29, 1.82) is 0 Å². The number of non-ortho nitro benzene ring substituents is 1. The summed E-state index contributed by atoms with van der Waals surface area (Å²) in [7, 11) is 0. The van der Waals surface area contributed by atoms with Gasteiger partial charge < -0.3 is 14.8 Å². The van der Waals surface area contributed by atoms with Crippen LogP contribution in [-0.4, -0.2) is 36.3 Å². The van der Waals surface area contributed by atoms with Gasteiger partial charge in [-0.15, -0.1) is 0 Å². The number of ether oxygens (including phenoxy) is 2. The number of nitrogens with one attached hydrogen (secondary N) is 1. The lowest BCUT2D eigenvalue weighted by molar-refractivity contribution is -0.385. The van der Waals surface area contributed by atoms with E-state index in [1.165, 1.54) is 12.1 Å². The van der Waals surface area contributed by atoms with Gasteiger partial charge in [-0.2, -0.15) is 0 Å². The Morgan fingerprint density at radius 3 is 2.90 bits per heavy atom. The maximum atomic E-state index is 10.9. The number of hydrogen-bond acceptors (Lipinski definition) is 5. The maximum Gasteiger partial charge on any atom is 0.273 e. The average Bonchev–Trinajstić information content (AvgIpc) is 2.84. The van der Waals surface area contributed by atoms with E-state index in [0.29, 0.717) is 12.4 Å². The molecule has 2 aliphatic heterocycles. The van der Waals surface area contributed by atoms with E-state index in [1.807, 2.05) is 6.92 Å². The lowest BCUT2D eigenvalue weighted by Crippen LogP contribution is -2.41. The first-order valence-corrected chi connectivity index (χ1v) is 7.34. The van der Waals surface area contributed by atoms with Crippen molar-refractivity contribution in [2.24, 2.45) is 0 Å². The third-order valence-electron chi connectivity index (χ3n) is 4.37. The first-order valence-electron chi connectivity index (χ1n) is 7.34. The van der Waals surface area contributed by atoms with Gasteiger partial charge in [0, 0.05) is 12.5 Å². The number of benzene rings is 1. The third kappa shape index (κ3) is 3.01. The predicted molar refractivity (Wildman–Crippen MR) is 77.7 cm³/mol. The van der Waals surface area contributed by atoms with E-state index < -0.39 is 4.92 Å². The van der Waals surface area contributed by atoms with Gasteiger partial charge in [-0.05, 0) is 44.5 Å². The highest BCUT2D eigenvalue weighted by molar-refractivity contribution is 5.43. The van der Waals surface area contributed by atoms with Crippen LogP contribution in [0.15, 0.2) is 18.2 Å². The fourth-order valence-corrected chi connectivity index (χ4v) is 3.12. The fourth-order valence-electron chi connectivity index (χ4n) is 3.12. The molecule has 0 amide bonds. The Kier molecular flexibility index (Phi) is 3.82. The minimum absolute atomic E-state index is 0.0243. The van der Waals surface area contributed by atoms with Gasteiger partial charge in [-0.1, -0.05) is 0 Å². The Balaban J connectivity index is 1.70. The topological polar surface area (TPSA) is 73.6 Å². The molecule has 2 saturated heterocycles. The number of aryl methyl sites for hydroxylation is 1. The Morgan fingerprint density at radius 1 is 1.43 bits per heavy atom. The Morgan fingerprint density at radius 2 is 2.19 bits per heavy atom. The molecule has 2 aliphatic rings. The zero-order valence-corrected chi connectivity index (χ0v) is 12.1. The van der Waals surface area contributed by atoms with Crippen molar-refractivity contribution in [2.75, 3.05) is 19.7 Å². The van der Waals surface area contributed by atoms with Crippen molar-refractivity contribution < 1.29 is 14.4 Å². The van der Waals surface area contributed by atoms with Gasteiger partial charge in [0.1, 0.15) is 11.9 Å². The number of hydrogen-bond donors (Lipinski definition) is 1. The van der Waals surface area contributed by atoms with E-state index in [4.69, 9.17) is 9.47 Å². The summed E-state index contributed by atoms with van der Waals surface area (Å²) in [4.78, 5) is 10.5. The monoisotopic (exact) mass is 292 g/mol. The normalized spacial score (nSPS) is 24.1. The van der Waals surface area contributed by atoms with Crippen molar-refractivity contribution in [2.45, 2.75) is 37.9 Å². The summed E-state index contributed by atoms with van der Waals surface area (Å²) in [5, 5.41) is 14.2. The number of nitrogens with zero attached hydrogens (tertiary/aromatic N) is 1. The molecule has 3 rings (SSSR count). The zero-order valence-electron chi connectivity index (χ0n) is 12.1. The molecule has 1 unspecified atom stereocenters. The molecule has 114 valence electrons. The van der Waals surface area contributed by atoms with Gasteiger partial charge in [0.2, 0.25) is 0 Å². The van der Waals surface area contributed by atoms with Gasteiger partial charge >= 0.3 is 0 Å². The standard InChI is InChI=1S/C15H20N2O4/c1-11-2-3-12(17(18)19)8-14(11)21-13-9-15(20-10-13)4-6-16-7-5-15/h2-3,8,13,16H,4-7,9-10H2,1H3. The van der Waals surface area contributed by atoms with Crippen LogP contribution in [0.2, 0.25) is 0 Å².